The fraction of sp³-hybridized carbons (Fsp3) is 0.333. The maximum Gasteiger partial charge on any atom is 0.325 e. The monoisotopic (exact) mass is 263 g/mol. The van der Waals surface area contributed by atoms with Gasteiger partial charge in [-0.25, -0.2) is 0 Å². The number of nitrogens with zero attached hydrogens (tertiary/aromatic N) is 3. The summed E-state index contributed by atoms with van der Waals surface area (Å²) in [7, 11) is 1.61. The van der Waals surface area contributed by atoms with Crippen LogP contribution in [-0.4, -0.2) is 31.1 Å². The average Bonchev–Trinajstić information content (AvgIpc) is 2.37. The second-order valence-electron chi connectivity index (χ2n) is 3.73. The van der Waals surface area contributed by atoms with E-state index in [-0.39, 0.29) is 24.4 Å². The highest BCUT2D eigenvalue weighted by atomic mass is 16.6. The molecule has 0 fully saturated rings. The van der Waals surface area contributed by atoms with E-state index in [0.717, 1.165) is 0 Å². The molecule has 0 atom stereocenters. The lowest BCUT2D eigenvalue weighted by molar-refractivity contribution is -0.384. The third kappa shape index (κ3) is 3.67. The Hall–Kier alpha value is -2.62. The van der Waals surface area contributed by atoms with Gasteiger partial charge < -0.3 is 9.64 Å². The molecule has 7 heteroatoms. The molecule has 0 aliphatic heterocycles. The first-order chi connectivity index (χ1) is 8.99. The summed E-state index contributed by atoms with van der Waals surface area (Å²) in [6.07, 6.45) is 0. The topological polar surface area (TPSA) is 96.5 Å². The molecule has 19 heavy (non-hydrogen) atoms. The van der Waals surface area contributed by atoms with E-state index in [2.05, 4.69) is 0 Å². The van der Waals surface area contributed by atoms with Crippen LogP contribution >= 0.6 is 0 Å². The van der Waals surface area contributed by atoms with E-state index in [1.165, 1.54) is 23.1 Å². The molecular formula is C12H13N3O4. The molecule has 0 heterocycles. The fourth-order valence-electron chi connectivity index (χ4n) is 1.55. The Kier molecular flexibility index (Phi) is 4.83. The van der Waals surface area contributed by atoms with Crippen molar-refractivity contribution in [3.8, 4) is 6.07 Å². The minimum absolute atomic E-state index is 0.0274. The zero-order valence-electron chi connectivity index (χ0n) is 10.6. The van der Waals surface area contributed by atoms with Crippen molar-refractivity contribution in [2.75, 3.05) is 25.1 Å². The zero-order chi connectivity index (χ0) is 14.4. The van der Waals surface area contributed by atoms with Crippen LogP contribution in [0.4, 0.5) is 11.4 Å². The van der Waals surface area contributed by atoms with Gasteiger partial charge in [0.15, 0.2) is 0 Å². The van der Waals surface area contributed by atoms with E-state index >= 15 is 0 Å². The number of ether oxygens (including phenoxy) is 1. The van der Waals surface area contributed by atoms with Gasteiger partial charge in [-0.1, -0.05) is 0 Å². The van der Waals surface area contributed by atoms with E-state index in [1.54, 1.807) is 14.0 Å². The van der Waals surface area contributed by atoms with Gasteiger partial charge in [0.05, 0.1) is 22.8 Å². The van der Waals surface area contributed by atoms with Crippen molar-refractivity contribution in [3.05, 3.63) is 33.9 Å². The summed E-state index contributed by atoms with van der Waals surface area (Å²) in [5, 5.41) is 19.6. The molecule has 0 aliphatic rings. The Labute approximate surface area is 110 Å². The van der Waals surface area contributed by atoms with Crippen LogP contribution in [0.25, 0.3) is 0 Å². The van der Waals surface area contributed by atoms with Gasteiger partial charge in [-0.3, -0.25) is 14.9 Å². The summed E-state index contributed by atoms with van der Waals surface area (Å²) in [6, 6.07) is 5.79. The summed E-state index contributed by atoms with van der Waals surface area (Å²) in [6.45, 7) is 1.95. The number of hydrogen-bond donors (Lipinski definition) is 0. The van der Waals surface area contributed by atoms with Gasteiger partial charge in [0.25, 0.3) is 5.69 Å². The smallest absolute Gasteiger partial charge is 0.325 e. The molecule has 0 saturated heterocycles. The fourth-order valence-corrected chi connectivity index (χ4v) is 1.55. The van der Waals surface area contributed by atoms with Gasteiger partial charge in [-0.05, 0) is 13.0 Å². The third-order valence-electron chi connectivity index (χ3n) is 2.39. The molecule has 0 amide bonds. The highest BCUT2D eigenvalue weighted by Gasteiger charge is 2.15. The van der Waals surface area contributed by atoms with E-state index in [0.29, 0.717) is 5.69 Å². The molecule has 0 bridgehead atoms. The summed E-state index contributed by atoms with van der Waals surface area (Å²) in [4.78, 5) is 22.9. The molecule has 1 aromatic carbocycles. The van der Waals surface area contributed by atoms with E-state index in [1.807, 2.05) is 6.07 Å². The van der Waals surface area contributed by atoms with Gasteiger partial charge >= 0.3 is 5.97 Å². The average molecular weight is 263 g/mol. The van der Waals surface area contributed by atoms with Crippen LogP contribution in [-0.2, 0) is 9.53 Å². The van der Waals surface area contributed by atoms with Crippen LogP contribution in [0, 0.1) is 21.4 Å². The standard InChI is InChI=1S/C12H13N3O4/c1-3-19-12(16)8-14(2)11-5-4-10(15(17)18)6-9(11)7-13/h4-6H,3,8H2,1-2H3. The minimum Gasteiger partial charge on any atom is -0.465 e. The largest absolute Gasteiger partial charge is 0.465 e. The molecule has 1 aromatic rings. The first-order valence-electron chi connectivity index (χ1n) is 5.55. The number of rotatable bonds is 5. The number of likely N-dealkylation sites (N-methyl/N-ethyl adjacent to an activating group) is 1. The Bertz CT molecular complexity index is 536. The lowest BCUT2D eigenvalue weighted by Crippen LogP contribution is -2.27. The molecule has 0 spiro atoms. The highest BCUT2D eigenvalue weighted by Crippen LogP contribution is 2.23. The van der Waals surface area contributed by atoms with Crippen LogP contribution in [0.5, 0.6) is 0 Å². The van der Waals surface area contributed by atoms with Crippen molar-refractivity contribution in [1.29, 1.82) is 5.26 Å². The summed E-state index contributed by atoms with van der Waals surface area (Å²) >= 11 is 0. The van der Waals surface area contributed by atoms with Crippen LogP contribution < -0.4 is 4.90 Å². The van der Waals surface area contributed by atoms with Crippen LogP contribution in [0.1, 0.15) is 12.5 Å². The Morgan fingerprint density at radius 1 is 1.58 bits per heavy atom. The van der Waals surface area contributed by atoms with Gasteiger partial charge in [0.2, 0.25) is 0 Å². The number of benzene rings is 1. The van der Waals surface area contributed by atoms with E-state index in [9.17, 15) is 14.9 Å². The van der Waals surface area contributed by atoms with Crippen molar-refractivity contribution in [2.24, 2.45) is 0 Å². The van der Waals surface area contributed by atoms with Crippen molar-refractivity contribution >= 4 is 17.3 Å². The maximum atomic E-state index is 11.3. The van der Waals surface area contributed by atoms with Crippen molar-refractivity contribution < 1.29 is 14.5 Å². The molecule has 0 saturated carbocycles. The van der Waals surface area contributed by atoms with E-state index in [4.69, 9.17) is 10.00 Å². The first-order valence-corrected chi connectivity index (χ1v) is 5.55. The second-order valence-corrected chi connectivity index (χ2v) is 3.73. The lowest BCUT2D eigenvalue weighted by Gasteiger charge is -2.19. The van der Waals surface area contributed by atoms with Gasteiger partial charge in [-0.2, -0.15) is 5.26 Å². The second kappa shape index (κ2) is 6.35. The SMILES string of the molecule is CCOC(=O)CN(C)c1ccc([N+](=O)[O-])cc1C#N. The molecule has 1 rings (SSSR count). The highest BCUT2D eigenvalue weighted by molar-refractivity contribution is 5.77. The normalized spacial score (nSPS) is 9.53. The zero-order valence-corrected chi connectivity index (χ0v) is 10.6. The number of non-ortho nitro benzene ring substituents is 1. The summed E-state index contributed by atoms with van der Waals surface area (Å²) < 4.78 is 4.80. The number of anilines is 1. The molecule has 0 N–H and O–H groups in total. The van der Waals surface area contributed by atoms with E-state index < -0.39 is 10.9 Å². The van der Waals surface area contributed by atoms with Crippen LogP contribution in [0.3, 0.4) is 0 Å². The minimum atomic E-state index is -0.573. The Balaban J connectivity index is 2.97. The quantitative estimate of drug-likeness (QED) is 0.453. The number of nitriles is 1. The number of carbonyl (C=O) groups is 1. The molecule has 0 aromatic heterocycles. The number of nitro benzene ring substituents is 1. The predicted octanol–water partition coefficient (Wildman–Crippen LogP) is 1.47. The molecule has 0 aliphatic carbocycles. The Morgan fingerprint density at radius 2 is 2.26 bits per heavy atom. The Morgan fingerprint density at radius 3 is 2.79 bits per heavy atom. The first kappa shape index (κ1) is 14.4. The molecule has 0 radical (unpaired) electrons. The van der Waals surface area contributed by atoms with Gasteiger partial charge in [0.1, 0.15) is 12.6 Å². The van der Waals surface area contributed by atoms with Crippen LogP contribution in [0.2, 0.25) is 0 Å². The molecular weight excluding hydrogens is 250 g/mol. The third-order valence-corrected chi connectivity index (χ3v) is 2.39. The molecule has 100 valence electrons. The van der Waals surface area contributed by atoms with Crippen molar-refractivity contribution in [2.45, 2.75) is 6.92 Å². The van der Waals surface area contributed by atoms with Gasteiger partial charge in [0, 0.05) is 19.2 Å². The number of nitro groups is 1. The lowest BCUT2D eigenvalue weighted by atomic mass is 10.1. The number of carbonyl (C=O) groups excluding carboxylic acids is 1. The van der Waals surface area contributed by atoms with Crippen LogP contribution in [0.15, 0.2) is 18.2 Å². The predicted molar refractivity (Wildman–Crippen MR) is 67.7 cm³/mol. The summed E-state index contributed by atoms with van der Waals surface area (Å²) in [5.74, 6) is -0.424. The van der Waals surface area contributed by atoms with Gasteiger partial charge in [-0.15, -0.1) is 0 Å². The molecule has 7 nitrogen and oxygen atoms in total. The maximum absolute atomic E-state index is 11.3. The summed E-state index contributed by atoms with van der Waals surface area (Å²) in [5.41, 5.74) is 0.423. The number of esters is 1. The number of hydrogen-bond acceptors (Lipinski definition) is 6. The molecule has 0 unspecified atom stereocenters. The van der Waals surface area contributed by atoms with Crippen molar-refractivity contribution in [3.63, 3.8) is 0 Å². The van der Waals surface area contributed by atoms with Crippen molar-refractivity contribution in [1.82, 2.24) is 0 Å².